The Bertz CT molecular complexity index is 750. The van der Waals surface area contributed by atoms with Gasteiger partial charge in [0.05, 0.1) is 5.41 Å². The maximum absolute atomic E-state index is 13.3. The fourth-order valence-electron chi connectivity index (χ4n) is 4.67. The van der Waals surface area contributed by atoms with Crippen LogP contribution < -0.4 is 10.2 Å². The summed E-state index contributed by atoms with van der Waals surface area (Å²) in [7, 11) is 4.09. The second kappa shape index (κ2) is 7.03. The summed E-state index contributed by atoms with van der Waals surface area (Å²) in [6.45, 7) is 0. The van der Waals surface area contributed by atoms with E-state index in [1.165, 1.54) is 49.1 Å². The SMILES string of the molecule is CN(C)c1ccc([C@@]2(C(=O)Nc3nccs3)C[C@H]2C2CCCCC2)cc1. The Kier molecular flexibility index (Phi) is 4.74. The summed E-state index contributed by atoms with van der Waals surface area (Å²) in [6, 6.07) is 8.56. The van der Waals surface area contributed by atoms with Crippen molar-refractivity contribution < 1.29 is 4.79 Å². The first-order chi connectivity index (χ1) is 12.6. The van der Waals surface area contributed by atoms with E-state index in [0.717, 1.165) is 12.0 Å². The fourth-order valence-corrected chi connectivity index (χ4v) is 5.19. The molecule has 0 spiro atoms. The molecule has 0 aliphatic heterocycles. The number of benzene rings is 1. The first-order valence-electron chi connectivity index (χ1n) is 9.60. The summed E-state index contributed by atoms with van der Waals surface area (Å²) in [4.78, 5) is 19.7. The molecule has 2 aliphatic carbocycles. The van der Waals surface area contributed by atoms with Crippen molar-refractivity contribution in [2.45, 2.75) is 43.9 Å². The van der Waals surface area contributed by atoms with Gasteiger partial charge in [-0.2, -0.15) is 0 Å². The van der Waals surface area contributed by atoms with Crippen molar-refractivity contribution in [1.29, 1.82) is 0 Å². The number of hydrogen-bond acceptors (Lipinski definition) is 4. The van der Waals surface area contributed by atoms with E-state index in [1.807, 2.05) is 19.5 Å². The number of amides is 1. The second-order valence-electron chi connectivity index (χ2n) is 7.91. The highest BCUT2D eigenvalue weighted by molar-refractivity contribution is 7.13. The summed E-state index contributed by atoms with van der Waals surface area (Å²) in [5, 5.41) is 5.69. The van der Waals surface area contributed by atoms with Gasteiger partial charge in [-0.25, -0.2) is 4.98 Å². The average molecular weight is 370 g/mol. The van der Waals surface area contributed by atoms with E-state index in [2.05, 4.69) is 39.5 Å². The van der Waals surface area contributed by atoms with E-state index in [0.29, 0.717) is 17.0 Å². The van der Waals surface area contributed by atoms with E-state index in [9.17, 15) is 4.79 Å². The maximum atomic E-state index is 13.3. The van der Waals surface area contributed by atoms with Gasteiger partial charge >= 0.3 is 0 Å². The number of nitrogens with zero attached hydrogens (tertiary/aromatic N) is 2. The zero-order chi connectivity index (χ0) is 18.1. The molecule has 2 fully saturated rings. The molecule has 0 bridgehead atoms. The molecule has 1 amide bonds. The summed E-state index contributed by atoms with van der Waals surface area (Å²) < 4.78 is 0. The quantitative estimate of drug-likeness (QED) is 0.832. The highest BCUT2D eigenvalue weighted by Crippen LogP contribution is 2.61. The number of thiazole rings is 1. The number of carbonyl (C=O) groups excluding carboxylic acids is 1. The van der Waals surface area contributed by atoms with E-state index in [4.69, 9.17) is 0 Å². The van der Waals surface area contributed by atoms with E-state index < -0.39 is 0 Å². The lowest BCUT2D eigenvalue weighted by molar-refractivity contribution is -0.119. The van der Waals surface area contributed by atoms with Crippen LogP contribution in [0, 0.1) is 11.8 Å². The molecule has 0 saturated heterocycles. The molecule has 1 aromatic carbocycles. The van der Waals surface area contributed by atoms with E-state index in [-0.39, 0.29) is 11.3 Å². The predicted octanol–water partition coefficient (Wildman–Crippen LogP) is 4.69. The third kappa shape index (κ3) is 3.13. The second-order valence-corrected chi connectivity index (χ2v) is 8.81. The average Bonchev–Trinajstić information content (AvgIpc) is 3.24. The molecule has 0 unspecified atom stereocenters. The van der Waals surface area contributed by atoms with Crippen LogP contribution in [0.2, 0.25) is 0 Å². The minimum Gasteiger partial charge on any atom is -0.378 e. The Labute approximate surface area is 159 Å². The van der Waals surface area contributed by atoms with Gasteiger partial charge in [0, 0.05) is 31.4 Å². The summed E-state index contributed by atoms with van der Waals surface area (Å²) in [5.74, 6) is 1.27. The molecule has 5 heteroatoms. The van der Waals surface area contributed by atoms with Crippen molar-refractivity contribution >= 4 is 28.1 Å². The van der Waals surface area contributed by atoms with Gasteiger partial charge in [-0.15, -0.1) is 11.3 Å². The summed E-state index contributed by atoms with van der Waals surface area (Å²) >= 11 is 1.48. The molecule has 2 aromatic rings. The van der Waals surface area contributed by atoms with Gasteiger partial charge in [0.15, 0.2) is 5.13 Å². The zero-order valence-corrected chi connectivity index (χ0v) is 16.4. The number of nitrogens with one attached hydrogen (secondary N) is 1. The lowest BCUT2D eigenvalue weighted by Crippen LogP contribution is -2.32. The Morgan fingerprint density at radius 1 is 1.19 bits per heavy atom. The Morgan fingerprint density at radius 3 is 2.54 bits per heavy atom. The topological polar surface area (TPSA) is 45.2 Å². The molecule has 1 N–H and O–H groups in total. The fraction of sp³-hybridized carbons (Fsp3) is 0.524. The number of anilines is 2. The van der Waals surface area contributed by atoms with Crippen molar-refractivity contribution in [3.8, 4) is 0 Å². The van der Waals surface area contributed by atoms with E-state index in [1.54, 1.807) is 6.20 Å². The number of aromatic nitrogens is 1. The highest BCUT2D eigenvalue weighted by Gasteiger charge is 2.63. The molecule has 4 rings (SSSR count). The summed E-state index contributed by atoms with van der Waals surface area (Å²) in [6.07, 6.45) is 9.22. The van der Waals surface area contributed by atoms with Gasteiger partial charge < -0.3 is 10.2 Å². The number of hydrogen-bond donors (Lipinski definition) is 1. The highest BCUT2D eigenvalue weighted by atomic mass is 32.1. The van der Waals surface area contributed by atoms with E-state index >= 15 is 0 Å². The standard InChI is InChI=1S/C21H27N3OS/c1-24(2)17-10-8-16(9-11-17)21(19(25)23-20-22-12-13-26-20)14-18(21)15-6-4-3-5-7-15/h8-13,15,18H,3-7,14H2,1-2H3,(H,22,23,25)/t18-,21-/m0/s1. The Hall–Kier alpha value is -1.88. The van der Waals surface area contributed by atoms with Gasteiger partial charge in [0.2, 0.25) is 5.91 Å². The third-order valence-electron chi connectivity index (χ3n) is 6.19. The van der Waals surface area contributed by atoms with Gasteiger partial charge in [0.25, 0.3) is 0 Å². The largest absolute Gasteiger partial charge is 0.378 e. The van der Waals surface area contributed by atoms with Gasteiger partial charge in [-0.3, -0.25) is 4.79 Å². The minimum atomic E-state index is -0.376. The van der Waals surface area contributed by atoms with Crippen LogP contribution >= 0.6 is 11.3 Å². The van der Waals surface area contributed by atoms with Gasteiger partial charge in [0.1, 0.15) is 0 Å². The number of rotatable bonds is 5. The van der Waals surface area contributed by atoms with Crippen molar-refractivity contribution in [2.24, 2.45) is 11.8 Å². The molecule has 2 atom stereocenters. The van der Waals surface area contributed by atoms with Crippen molar-refractivity contribution in [3.63, 3.8) is 0 Å². The monoisotopic (exact) mass is 369 g/mol. The Morgan fingerprint density at radius 2 is 1.92 bits per heavy atom. The molecular formula is C21H27N3OS. The first kappa shape index (κ1) is 17.5. The molecule has 138 valence electrons. The van der Waals surface area contributed by atoms with Crippen molar-refractivity contribution in [1.82, 2.24) is 4.98 Å². The lowest BCUT2D eigenvalue weighted by Gasteiger charge is -2.26. The molecule has 2 aliphatic rings. The van der Waals surface area contributed by atoms with Crippen molar-refractivity contribution in [2.75, 3.05) is 24.3 Å². The molecule has 2 saturated carbocycles. The first-order valence-corrected chi connectivity index (χ1v) is 10.5. The smallest absolute Gasteiger partial charge is 0.237 e. The third-order valence-corrected chi connectivity index (χ3v) is 6.88. The zero-order valence-electron chi connectivity index (χ0n) is 15.6. The number of carbonyl (C=O) groups is 1. The normalized spacial score (nSPS) is 25.7. The molecule has 26 heavy (non-hydrogen) atoms. The predicted molar refractivity (Wildman–Crippen MR) is 108 cm³/mol. The van der Waals surface area contributed by atoms with Crippen LogP contribution in [0.5, 0.6) is 0 Å². The maximum Gasteiger partial charge on any atom is 0.237 e. The van der Waals surface area contributed by atoms with Crippen LogP contribution in [0.1, 0.15) is 44.1 Å². The van der Waals surface area contributed by atoms with Crippen LogP contribution in [0.25, 0.3) is 0 Å². The Balaban J connectivity index is 1.62. The van der Waals surface area contributed by atoms with Crippen LogP contribution in [0.15, 0.2) is 35.8 Å². The van der Waals surface area contributed by atoms with Crippen LogP contribution in [-0.4, -0.2) is 25.0 Å². The van der Waals surface area contributed by atoms with Crippen LogP contribution in [0.3, 0.4) is 0 Å². The summed E-state index contributed by atoms with van der Waals surface area (Å²) in [5.41, 5.74) is 1.95. The molecule has 4 nitrogen and oxygen atoms in total. The molecule has 1 aromatic heterocycles. The minimum absolute atomic E-state index is 0.126. The van der Waals surface area contributed by atoms with Gasteiger partial charge in [-0.1, -0.05) is 44.2 Å². The molecular weight excluding hydrogens is 342 g/mol. The van der Waals surface area contributed by atoms with Crippen LogP contribution in [0.4, 0.5) is 10.8 Å². The van der Waals surface area contributed by atoms with Crippen molar-refractivity contribution in [3.05, 3.63) is 41.4 Å². The van der Waals surface area contributed by atoms with Crippen LogP contribution in [-0.2, 0) is 10.2 Å². The molecule has 0 radical (unpaired) electrons. The molecule has 1 heterocycles. The van der Waals surface area contributed by atoms with Gasteiger partial charge in [-0.05, 0) is 36.0 Å². The lowest BCUT2D eigenvalue weighted by atomic mass is 9.80.